The number of nitrogen functional groups attached to an aromatic ring is 3. The Morgan fingerprint density at radius 2 is 1.77 bits per heavy atom. The summed E-state index contributed by atoms with van der Waals surface area (Å²) >= 11 is 0. The fourth-order valence-electron chi connectivity index (χ4n) is 2.54. The van der Waals surface area contributed by atoms with Crippen molar-refractivity contribution in [1.29, 1.82) is 0 Å². The number of methoxy groups -OCH3 is 1. The van der Waals surface area contributed by atoms with Crippen LogP contribution in [0.1, 0.15) is 11.1 Å². The van der Waals surface area contributed by atoms with E-state index in [0.29, 0.717) is 23.7 Å². The van der Waals surface area contributed by atoms with Gasteiger partial charge in [-0.05, 0) is 17.0 Å². The van der Waals surface area contributed by atoms with E-state index < -0.39 is 0 Å². The molecule has 0 aliphatic heterocycles. The van der Waals surface area contributed by atoms with Crippen molar-refractivity contribution < 1.29 is 4.74 Å². The van der Waals surface area contributed by atoms with Gasteiger partial charge >= 0.3 is 0 Å². The fraction of sp³-hybridized carbons (Fsp3) is 0.125. The molecule has 0 atom stereocenters. The van der Waals surface area contributed by atoms with Crippen LogP contribution < -0.4 is 21.9 Å². The predicted octanol–water partition coefficient (Wildman–Crippen LogP) is 1.98. The van der Waals surface area contributed by atoms with Crippen LogP contribution in [-0.2, 0) is 6.42 Å². The zero-order valence-corrected chi connectivity index (χ0v) is 12.2. The lowest BCUT2D eigenvalue weighted by Crippen LogP contribution is -2.05. The Morgan fingerprint density at radius 1 is 1.05 bits per heavy atom. The minimum absolute atomic E-state index is 0.168. The molecular weight excluding hydrogens is 278 g/mol. The number of nitrogens with zero attached hydrogens (tertiary/aromatic N) is 2. The van der Waals surface area contributed by atoms with E-state index in [2.05, 4.69) is 9.97 Å². The van der Waals surface area contributed by atoms with Crippen LogP contribution in [0.25, 0.3) is 10.8 Å². The third-order valence-electron chi connectivity index (χ3n) is 3.65. The topological polar surface area (TPSA) is 113 Å². The number of benzene rings is 2. The Labute approximate surface area is 127 Å². The highest BCUT2D eigenvalue weighted by molar-refractivity contribution is 5.98. The third kappa shape index (κ3) is 2.35. The van der Waals surface area contributed by atoms with E-state index in [9.17, 15) is 0 Å². The molecular formula is C16H17N5O. The molecule has 2 aromatic carbocycles. The summed E-state index contributed by atoms with van der Waals surface area (Å²) in [5.74, 6) is 1.19. The summed E-state index contributed by atoms with van der Waals surface area (Å²) in [4.78, 5) is 8.01. The lowest BCUT2D eigenvalue weighted by atomic mass is 9.97. The van der Waals surface area contributed by atoms with Crippen molar-refractivity contribution >= 4 is 28.2 Å². The number of hydrogen-bond donors (Lipinski definition) is 3. The van der Waals surface area contributed by atoms with Crippen LogP contribution in [0.4, 0.5) is 17.5 Å². The molecule has 0 bridgehead atoms. The summed E-state index contributed by atoms with van der Waals surface area (Å²) in [5, 5.41) is 2.00. The Bertz CT molecular complexity index is 847. The molecule has 0 fully saturated rings. The number of fused-ring (bicyclic) bond motifs is 1. The number of nitrogens with two attached hydrogens (primary N) is 3. The highest BCUT2D eigenvalue weighted by Gasteiger charge is 2.12. The number of anilines is 3. The molecule has 0 amide bonds. The molecule has 6 N–H and O–H groups in total. The van der Waals surface area contributed by atoms with Crippen molar-refractivity contribution in [2.24, 2.45) is 0 Å². The Hall–Kier alpha value is -3.02. The van der Waals surface area contributed by atoms with E-state index in [1.807, 2.05) is 30.3 Å². The van der Waals surface area contributed by atoms with Crippen molar-refractivity contribution in [1.82, 2.24) is 9.97 Å². The first-order valence-corrected chi connectivity index (χ1v) is 6.81. The van der Waals surface area contributed by atoms with Crippen molar-refractivity contribution in [2.45, 2.75) is 6.42 Å². The van der Waals surface area contributed by atoms with Gasteiger partial charge in [0.15, 0.2) is 0 Å². The van der Waals surface area contributed by atoms with Crippen LogP contribution in [0.15, 0.2) is 36.5 Å². The molecule has 0 aliphatic carbocycles. The van der Waals surface area contributed by atoms with Gasteiger partial charge in [-0.1, -0.05) is 24.3 Å². The maximum atomic E-state index is 6.15. The first-order valence-electron chi connectivity index (χ1n) is 6.81. The Kier molecular flexibility index (Phi) is 3.42. The molecule has 6 nitrogen and oxygen atoms in total. The number of rotatable bonds is 3. The molecule has 3 aromatic rings. The summed E-state index contributed by atoms with van der Waals surface area (Å²) in [6.07, 6.45) is 2.22. The van der Waals surface area contributed by atoms with Crippen LogP contribution >= 0.6 is 0 Å². The largest absolute Gasteiger partial charge is 0.495 e. The molecule has 0 saturated heterocycles. The average molecular weight is 295 g/mol. The van der Waals surface area contributed by atoms with Crippen LogP contribution in [-0.4, -0.2) is 17.1 Å². The SMILES string of the molecule is COc1cc(Cc2cnc(N)nc2N)c2ccccc2c1N. The molecule has 112 valence electrons. The summed E-state index contributed by atoms with van der Waals surface area (Å²) in [6, 6.07) is 9.84. The van der Waals surface area contributed by atoms with Gasteiger partial charge in [-0.15, -0.1) is 0 Å². The van der Waals surface area contributed by atoms with Crippen LogP contribution in [0.5, 0.6) is 5.75 Å². The van der Waals surface area contributed by atoms with E-state index >= 15 is 0 Å². The normalized spacial score (nSPS) is 10.8. The molecule has 0 unspecified atom stereocenters. The maximum absolute atomic E-state index is 6.15. The second-order valence-electron chi connectivity index (χ2n) is 5.01. The lowest BCUT2D eigenvalue weighted by molar-refractivity contribution is 0.417. The first kappa shape index (κ1) is 13.9. The molecule has 0 radical (unpaired) electrons. The molecule has 1 aromatic heterocycles. The average Bonchev–Trinajstić information content (AvgIpc) is 2.52. The maximum Gasteiger partial charge on any atom is 0.221 e. The minimum Gasteiger partial charge on any atom is -0.495 e. The van der Waals surface area contributed by atoms with Crippen molar-refractivity contribution in [3.05, 3.63) is 47.7 Å². The van der Waals surface area contributed by atoms with Crippen molar-refractivity contribution in [3.8, 4) is 5.75 Å². The highest BCUT2D eigenvalue weighted by Crippen LogP contribution is 2.34. The predicted molar refractivity (Wildman–Crippen MR) is 88.6 cm³/mol. The number of aromatic nitrogens is 2. The van der Waals surface area contributed by atoms with Gasteiger partial charge in [0.1, 0.15) is 11.6 Å². The van der Waals surface area contributed by atoms with E-state index in [1.165, 1.54) is 0 Å². The molecule has 0 saturated carbocycles. The van der Waals surface area contributed by atoms with Gasteiger partial charge in [0, 0.05) is 23.6 Å². The van der Waals surface area contributed by atoms with E-state index in [0.717, 1.165) is 21.9 Å². The Morgan fingerprint density at radius 3 is 2.45 bits per heavy atom. The molecule has 0 aliphatic rings. The second kappa shape index (κ2) is 5.40. The Balaban J connectivity index is 2.16. The van der Waals surface area contributed by atoms with E-state index in [4.69, 9.17) is 21.9 Å². The van der Waals surface area contributed by atoms with Gasteiger partial charge < -0.3 is 21.9 Å². The molecule has 0 spiro atoms. The van der Waals surface area contributed by atoms with Gasteiger partial charge in [-0.25, -0.2) is 4.98 Å². The molecule has 1 heterocycles. The van der Waals surface area contributed by atoms with Crippen LogP contribution in [0.2, 0.25) is 0 Å². The third-order valence-corrected chi connectivity index (χ3v) is 3.65. The van der Waals surface area contributed by atoms with Crippen molar-refractivity contribution in [3.63, 3.8) is 0 Å². The lowest BCUT2D eigenvalue weighted by Gasteiger charge is -2.13. The van der Waals surface area contributed by atoms with Gasteiger partial charge in [0.05, 0.1) is 12.8 Å². The van der Waals surface area contributed by atoms with Gasteiger partial charge in [0.25, 0.3) is 0 Å². The summed E-state index contributed by atoms with van der Waals surface area (Å²) in [7, 11) is 1.60. The summed E-state index contributed by atoms with van der Waals surface area (Å²) < 4.78 is 5.37. The van der Waals surface area contributed by atoms with E-state index in [1.54, 1.807) is 13.3 Å². The van der Waals surface area contributed by atoms with Gasteiger partial charge in [-0.3, -0.25) is 0 Å². The molecule has 6 heteroatoms. The highest BCUT2D eigenvalue weighted by atomic mass is 16.5. The standard InChI is InChI=1S/C16H17N5O/c1-22-13-7-9(6-10-8-20-16(19)21-15(10)18)11-4-2-3-5-12(11)14(13)17/h2-5,7-8H,6,17H2,1H3,(H4,18,19,20,21). The smallest absolute Gasteiger partial charge is 0.221 e. The molecule has 3 rings (SSSR count). The quantitative estimate of drug-likeness (QED) is 0.637. The first-order chi connectivity index (χ1) is 10.6. The zero-order valence-electron chi connectivity index (χ0n) is 12.2. The monoisotopic (exact) mass is 295 g/mol. The van der Waals surface area contributed by atoms with E-state index in [-0.39, 0.29) is 5.95 Å². The molecule has 22 heavy (non-hydrogen) atoms. The number of ether oxygens (including phenoxy) is 1. The number of hydrogen-bond acceptors (Lipinski definition) is 6. The summed E-state index contributed by atoms with van der Waals surface area (Å²) in [5.41, 5.74) is 20.1. The summed E-state index contributed by atoms with van der Waals surface area (Å²) in [6.45, 7) is 0. The van der Waals surface area contributed by atoms with Gasteiger partial charge in [-0.2, -0.15) is 4.98 Å². The van der Waals surface area contributed by atoms with Crippen LogP contribution in [0.3, 0.4) is 0 Å². The second-order valence-corrected chi connectivity index (χ2v) is 5.01. The van der Waals surface area contributed by atoms with Crippen molar-refractivity contribution in [2.75, 3.05) is 24.3 Å². The van der Waals surface area contributed by atoms with Gasteiger partial charge in [0.2, 0.25) is 5.95 Å². The zero-order chi connectivity index (χ0) is 15.7. The van der Waals surface area contributed by atoms with Crippen LogP contribution in [0, 0.1) is 0 Å². The fourth-order valence-corrected chi connectivity index (χ4v) is 2.54. The minimum atomic E-state index is 0.168.